The lowest BCUT2D eigenvalue weighted by Crippen LogP contribution is -2.58. The molecular weight excluding hydrogens is 567 g/mol. The average molecular weight is 600 g/mol. The summed E-state index contributed by atoms with van der Waals surface area (Å²) in [6.07, 6.45) is -0.683. The van der Waals surface area contributed by atoms with E-state index in [-0.39, 0.29) is 12.1 Å². The van der Waals surface area contributed by atoms with Gasteiger partial charge >= 0.3 is 13.7 Å². The first-order chi connectivity index (χ1) is 18.7. The molecule has 0 radical (unpaired) electrons. The van der Waals surface area contributed by atoms with Crippen molar-refractivity contribution in [1.82, 2.24) is 14.8 Å². The summed E-state index contributed by atoms with van der Waals surface area (Å²) >= 11 is 0. The molecule has 1 aromatic carbocycles. The lowest BCUT2D eigenvalue weighted by Gasteiger charge is -2.45. The second kappa shape index (κ2) is 11.3. The van der Waals surface area contributed by atoms with E-state index in [0.29, 0.717) is 6.07 Å². The summed E-state index contributed by atoms with van der Waals surface area (Å²) in [6, 6.07) is 1.63. The third-order valence-corrected chi connectivity index (χ3v) is 7.38. The molecule has 0 saturated carbocycles. The Hall–Kier alpha value is -3.61. The molecule has 2 heterocycles. The summed E-state index contributed by atoms with van der Waals surface area (Å²) in [5.74, 6) is -4.56. The lowest BCUT2D eigenvalue weighted by molar-refractivity contribution is -0.00260. The number of pyridine rings is 1. The number of carbonyl (C=O) groups is 3. The molecule has 1 aromatic heterocycles. The van der Waals surface area contributed by atoms with Crippen molar-refractivity contribution in [2.45, 2.75) is 59.4 Å². The number of aromatic nitrogens is 1. The van der Waals surface area contributed by atoms with Crippen LogP contribution >= 0.6 is 7.60 Å². The fraction of sp³-hybridized carbons (Fsp3) is 0.462. The fourth-order valence-corrected chi connectivity index (χ4v) is 4.90. The minimum absolute atomic E-state index is 0.0721. The molecular formula is C26H32F2N3O9P. The van der Waals surface area contributed by atoms with Crippen LogP contribution < -0.4 is 10.7 Å². The van der Waals surface area contributed by atoms with Crippen molar-refractivity contribution >= 4 is 25.4 Å². The van der Waals surface area contributed by atoms with Gasteiger partial charge in [-0.05, 0) is 26.8 Å². The molecule has 3 rings (SSSR count). The Labute approximate surface area is 234 Å². The quantitative estimate of drug-likeness (QED) is 0.349. The van der Waals surface area contributed by atoms with E-state index in [2.05, 4.69) is 5.32 Å². The summed E-state index contributed by atoms with van der Waals surface area (Å²) in [5.41, 5.74) is -4.72. The van der Waals surface area contributed by atoms with E-state index in [0.717, 1.165) is 27.8 Å². The highest BCUT2D eigenvalue weighted by molar-refractivity contribution is 7.51. The summed E-state index contributed by atoms with van der Waals surface area (Å²) < 4.78 is 45.3. The summed E-state index contributed by atoms with van der Waals surface area (Å²) in [4.78, 5) is 72.4. The molecule has 0 aliphatic carbocycles. The molecule has 1 unspecified atom stereocenters. The standard InChI is InChI=1S/C26H32F2N3O9P/c1-25(2,3)40-24(36)31(8-9-41(37,38)39)18-13-30-12-16(20(32)21(33)19(30)22(34)26(18,4)5)23(35)29-11-14-6-7-15(27)10-17(14)28/h6-7,10,12,18,33H,8-9,11,13H2,1-5H3,(H,29,35)(H2,37,38,39). The number of hydrogen-bond donors (Lipinski definition) is 4. The molecule has 4 N–H and O–H groups in total. The lowest BCUT2D eigenvalue weighted by atomic mass is 9.75. The molecule has 1 aliphatic rings. The zero-order valence-electron chi connectivity index (χ0n) is 23.1. The van der Waals surface area contributed by atoms with Gasteiger partial charge in [0.1, 0.15) is 28.5 Å². The van der Waals surface area contributed by atoms with Gasteiger partial charge in [0.25, 0.3) is 5.91 Å². The van der Waals surface area contributed by atoms with Crippen LogP contribution in [0.3, 0.4) is 0 Å². The number of halogens is 2. The van der Waals surface area contributed by atoms with Gasteiger partial charge in [-0.25, -0.2) is 13.6 Å². The van der Waals surface area contributed by atoms with Crippen molar-refractivity contribution in [3.8, 4) is 5.75 Å². The minimum atomic E-state index is -4.58. The van der Waals surface area contributed by atoms with Crippen molar-refractivity contribution in [2.24, 2.45) is 5.41 Å². The zero-order chi connectivity index (χ0) is 31.1. The molecule has 2 aromatic rings. The number of nitrogens with zero attached hydrogens (tertiary/aromatic N) is 2. The molecule has 2 amide bonds. The van der Waals surface area contributed by atoms with E-state index in [1.807, 2.05) is 0 Å². The zero-order valence-corrected chi connectivity index (χ0v) is 24.0. The van der Waals surface area contributed by atoms with Gasteiger partial charge in [0, 0.05) is 37.5 Å². The maximum absolute atomic E-state index is 14.0. The third-order valence-electron chi connectivity index (χ3n) is 6.59. The van der Waals surface area contributed by atoms with Crippen LogP contribution in [0.2, 0.25) is 0 Å². The molecule has 224 valence electrons. The van der Waals surface area contributed by atoms with Crippen LogP contribution in [-0.4, -0.2) is 66.5 Å². The monoisotopic (exact) mass is 599 g/mol. The van der Waals surface area contributed by atoms with Crippen LogP contribution in [0.25, 0.3) is 0 Å². The molecule has 1 aliphatic heterocycles. The van der Waals surface area contributed by atoms with E-state index >= 15 is 0 Å². The Balaban J connectivity index is 2.02. The van der Waals surface area contributed by atoms with Gasteiger partial charge in [0.2, 0.25) is 5.43 Å². The first-order valence-corrected chi connectivity index (χ1v) is 14.3. The van der Waals surface area contributed by atoms with Crippen LogP contribution in [0.5, 0.6) is 5.75 Å². The van der Waals surface area contributed by atoms with Crippen molar-refractivity contribution in [2.75, 3.05) is 12.7 Å². The first kappa shape index (κ1) is 31.9. The first-order valence-electron chi connectivity index (χ1n) is 12.5. The van der Waals surface area contributed by atoms with Gasteiger partial charge in [-0.3, -0.25) is 18.9 Å². The number of carbonyl (C=O) groups excluding carboxylic acids is 3. The largest absolute Gasteiger partial charge is 0.503 e. The van der Waals surface area contributed by atoms with E-state index in [1.54, 1.807) is 20.8 Å². The van der Waals surface area contributed by atoms with Crippen LogP contribution in [-0.2, 0) is 22.4 Å². The molecule has 15 heteroatoms. The number of Topliss-reactive ketones (excluding diaryl/α,β-unsaturated/α-hetero) is 1. The molecule has 0 spiro atoms. The Morgan fingerprint density at radius 1 is 1.22 bits per heavy atom. The van der Waals surface area contributed by atoms with E-state index in [9.17, 15) is 47.4 Å². The molecule has 0 saturated heterocycles. The fourth-order valence-electron chi connectivity index (χ4n) is 4.42. The number of hydrogen-bond acceptors (Lipinski definition) is 7. The van der Waals surface area contributed by atoms with Crippen LogP contribution in [0.15, 0.2) is 29.2 Å². The second-order valence-corrected chi connectivity index (χ2v) is 13.0. The van der Waals surface area contributed by atoms with Crippen LogP contribution in [0.1, 0.15) is 61.0 Å². The van der Waals surface area contributed by atoms with Crippen molar-refractivity contribution in [3.05, 3.63) is 63.1 Å². The summed E-state index contributed by atoms with van der Waals surface area (Å²) in [7, 11) is -4.58. The molecule has 41 heavy (non-hydrogen) atoms. The summed E-state index contributed by atoms with van der Waals surface area (Å²) in [6.45, 7) is 6.47. The number of amides is 2. The highest BCUT2D eigenvalue weighted by Crippen LogP contribution is 2.40. The number of nitrogens with one attached hydrogen (secondary N) is 1. The Morgan fingerprint density at radius 2 is 1.85 bits per heavy atom. The summed E-state index contributed by atoms with van der Waals surface area (Å²) in [5, 5.41) is 13.0. The molecule has 12 nitrogen and oxygen atoms in total. The molecule has 0 bridgehead atoms. The Bertz CT molecular complexity index is 1490. The normalized spacial score (nSPS) is 16.6. The topological polar surface area (TPSA) is 175 Å². The maximum atomic E-state index is 14.0. The van der Waals surface area contributed by atoms with Gasteiger partial charge < -0.3 is 34.4 Å². The van der Waals surface area contributed by atoms with E-state index < -0.39 is 95.8 Å². The van der Waals surface area contributed by atoms with Crippen molar-refractivity contribution in [3.63, 3.8) is 0 Å². The van der Waals surface area contributed by atoms with Gasteiger partial charge in [0.15, 0.2) is 11.5 Å². The van der Waals surface area contributed by atoms with Crippen molar-refractivity contribution in [1.29, 1.82) is 0 Å². The number of ether oxygens (including phenoxy) is 1. The Kier molecular flexibility index (Phi) is 8.83. The minimum Gasteiger partial charge on any atom is -0.503 e. The SMILES string of the molecule is CC(C)(C)OC(=O)N(CCP(=O)(O)O)C1Cn2cc(C(=O)NCc3ccc(F)cc3F)c(=O)c(O)c2C(=O)C1(C)C. The highest BCUT2D eigenvalue weighted by atomic mass is 31.2. The second-order valence-electron chi connectivity index (χ2n) is 11.3. The maximum Gasteiger partial charge on any atom is 0.410 e. The number of fused-ring (bicyclic) bond motifs is 1. The van der Waals surface area contributed by atoms with E-state index in [4.69, 9.17) is 4.74 Å². The molecule has 1 atom stereocenters. The van der Waals surface area contributed by atoms with Gasteiger partial charge in [-0.15, -0.1) is 0 Å². The number of ketones is 1. The van der Waals surface area contributed by atoms with Crippen LogP contribution in [0.4, 0.5) is 13.6 Å². The predicted molar refractivity (Wildman–Crippen MR) is 142 cm³/mol. The van der Waals surface area contributed by atoms with Gasteiger partial charge in [0.05, 0.1) is 17.6 Å². The number of rotatable bonds is 7. The van der Waals surface area contributed by atoms with Gasteiger partial charge in [-0.2, -0.15) is 0 Å². The van der Waals surface area contributed by atoms with E-state index in [1.165, 1.54) is 13.8 Å². The Morgan fingerprint density at radius 3 is 2.41 bits per heavy atom. The van der Waals surface area contributed by atoms with Crippen LogP contribution in [0, 0.1) is 17.0 Å². The number of aromatic hydroxyl groups is 1. The third kappa shape index (κ3) is 7.19. The highest BCUT2D eigenvalue weighted by Gasteiger charge is 2.49. The molecule has 0 fully saturated rings. The van der Waals surface area contributed by atoms with Gasteiger partial charge in [-0.1, -0.05) is 19.9 Å². The predicted octanol–water partition coefficient (Wildman–Crippen LogP) is 2.77. The number of benzene rings is 1. The smallest absolute Gasteiger partial charge is 0.410 e. The van der Waals surface area contributed by atoms with Crippen molar-refractivity contribution < 1.29 is 47.4 Å². The average Bonchev–Trinajstić information content (AvgIpc) is 2.81.